The van der Waals surface area contributed by atoms with Crippen LogP contribution in [0.25, 0.3) is 10.9 Å². The molecule has 0 spiro atoms. The van der Waals surface area contributed by atoms with E-state index in [4.69, 9.17) is 20.0 Å². The minimum Gasteiger partial charge on any atom is -0.494 e. The highest BCUT2D eigenvalue weighted by Gasteiger charge is 2.03. The highest BCUT2D eigenvalue weighted by Crippen LogP contribution is 2.20. The lowest BCUT2D eigenvalue weighted by atomic mass is 10.1. The molecule has 0 saturated heterocycles. The third kappa shape index (κ3) is 5.22. The largest absolute Gasteiger partial charge is 0.494 e. The van der Waals surface area contributed by atoms with E-state index in [1.165, 1.54) is 0 Å². The number of pyridine rings is 1. The maximum Gasteiger partial charge on any atom is 0.120 e. The molecule has 0 unspecified atom stereocenters. The number of nitrogens with zero attached hydrogens (tertiary/aromatic N) is 3. The normalized spacial score (nSPS) is 10.2. The summed E-state index contributed by atoms with van der Waals surface area (Å²) < 4.78 is 11.5. The fourth-order valence-corrected chi connectivity index (χ4v) is 2.88. The molecule has 0 fully saturated rings. The molecule has 0 aliphatic heterocycles. The van der Waals surface area contributed by atoms with Crippen molar-refractivity contribution in [2.24, 2.45) is 0 Å². The van der Waals surface area contributed by atoms with Crippen LogP contribution in [0.15, 0.2) is 54.7 Å². The van der Waals surface area contributed by atoms with Crippen molar-refractivity contribution in [3.8, 4) is 23.6 Å². The van der Waals surface area contributed by atoms with Crippen LogP contribution in [0.1, 0.15) is 36.8 Å². The summed E-state index contributed by atoms with van der Waals surface area (Å²) in [6.07, 6.45) is 5.82. The Morgan fingerprint density at radius 1 is 0.750 bits per heavy atom. The Kier molecular flexibility index (Phi) is 6.82. The van der Waals surface area contributed by atoms with Crippen LogP contribution in [-0.4, -0.2) is 18.2 Å². The maximum absolute atomic E-state index is 9.03. The molecule has 1 aromatic heterocycles. The monoisotopic (exact) mass is 371 g/mol. The van der Waals surface area contributed by atoms with Gasteiger partial charge in [0.1, 0.15) is 23.6 Å². The highest BCUT2D eigenvalue weighted by molar-refractivity contribution is 5.79. The quantitative estimate of drug-likeness (QED) is 0.495. The lowest BCUT2D eigenvalue weighted by molar-refractivity contribution is 0.287. The van der Waals surface area contributed by atoms with Gasteiger partial charge in [0.25, 0.3) is 0 Å². The number of fused-ring (bicyclic) bond motifs is 1. The summed E-state index contributed by atoms with van der Waals surface area (Å²) in [5.74, 6) is 1.50. The summed E-state index contributed by atoms with van der Waals surface area (Å²) >= 11 is 0. The van der Waals surface area contributed by atoms with Crippen molar-refractivity contribution < 1.29 is 9.47 Å². The third-order valence-corrected chi connectivity index (χ3v) is 4.38. The molecule has 0 bridgehead atoms. The van der Waals surface area contributed by atoms with Gasteiger partial charge in [-0.1, -0.05) is 6.07 Å². The average molecular weight is 371 g/mol. The molecule has 0 atom stereocenters. The number of rotatable bonds is 9. The average Bonchev–Trinajstić information content (AvgIpc) is 2.75. The van der Waals surface area contributed by atoms with Crippen LogP contribution in [0.3, 0.4) is 0 Å². The van der Waals surface area contributed by atoms with Gasteiger partial charge in [-0.05, 0) is 68.1 Å². The molecule has 140 valence electrons. The molecule has 5 heteroatoms. The van der Waals surface area contributed by atoms with Crippen LogP contribution in [0.4, 0.5) is 0 Å². The number of nitriles is 2. The van der Waals surface area contributed by atoms with E-state index in [1.54, 1.807) is 24.4 Å². The fourth-order valence-electron chi connectivity index (χ4n) is 2.88. The molecule has 28 heavy (non-hydrogen) atoms. The minimum absolute atomic E-state index is 0.349. The van der Waals surface area contributed by atoms with Crippen molar-refractivity contribution in [3.05, 3.63) is 65.9 Å². The first kappa shape index (κ1) is 19.2. The number of benzene rings is 2. The predicted molar refractivity (Wildman–Crippen MR) is 107 cm³/mol. The Bertz CT molecular complexity index is 1020. The van der Waals surface area contributed by atoms with Crippen molar-refractivity contribution in [2.75, 3.05) is 13.2 Å². The molecule has 0 saturated carbocycles. The summed E-state index contributed by atoms with van der Waals surface area (Å²) in [5.41, 5.74) is 1.69. The SMILES string of the molecule is N#Cc1ccc(OCCCCCCOc2ccc3ncccc3c2)cc1C#N. The van der Waals surface area contributed by atoms with E-state index >= 15 is 0 Å². The van der Waals surface area contributed by atoms with Gasteiger partial charge in [0.2, 0.25) is 0 Å². The van der Waals surface area contributed by atoms with Crippen molar-refractivity contribution in [3.63, 3.8) is 0 Å². The molecule has 2 aromatic carbocycles. The van der Waals surface area contributed by atoms with Crippen molar-refractivity contribution in [1.29, 1.82) is 10.5 Å². The van der Waals surface area contributed by atoms with Gasteiger partial charge in [-0.25, -0.2) is 0 Å². The molecular weight excluding hydrogens is 350 g/mol. The van der Waals surface area contributed by atoms with Gasteiger partial charge in [0.05, 0.1) is 29.9 Å². The lowest BCUT2D eigenvalue weighted by Crippen LogP contribution is -2.00. The number of ether oxygens (including phenoxy) is 2. The fraction of sp³-hybridized carbons (Fsp3) is 0.261. The molecule has 0 N–H and O–H groups in total. The van der Waals surface area contributed by atoms with E-state index in [-0.39, 0.29) is 0 Å². The summed E-state index contributed by atoms with van der Waals surface area (Å²) in [7, 11) is 0. The number of hydrogen-bond acceptors (Lipinski definition) is 5. The molecule has 0 aliphatic rings. The van der Waals surface area contributed by atoms with Crippen LogP contribution in [0.2, 0.25) is 0 Å². The number of aromatic nitrogens is 1. The minimum atomic E-state index is 0.349. The first-order valence-corrected chi connectivity index (χ1v) is 9.35. The molecule has 0 amide bonds. The predicted octanol–water partition coefficient (Wildman–Crippen LogP) is 5.00. The van der Waals surface area contributed by atoms with Gasteiger partial charge in [-0.2, -0.15) is 10.5 Å². The first-order valence-electron chi connectivity index (χ1n) is 9.35. The number of unbranched alkanes of at least 4 members (excludes halogenated alkanes) is 3. The standard InChI is InChI=1S/C23H21N3O2/c24-16-19-7-8-21(15-20(19)17-25)27-12-3-1-2-4-13-28-22-9-10-23-18(14-22)6-5-11-26-23/h5-11,14-15H,1-4,12-13H2. The Labute approximate surface area is 164 Å². The first-order chi connectivity index (χ1) is 13.8. The van der Waals surface area contributed by atoms with Gasteiger partial charge in [0, 0.05) is 11.6 Å². The van der Waals surface area contributed by atoms with Gasteiger partial charge in [-0.3, -0.25) is 4.98 Å². The van der Waals surface area contributed by atoms with Crippen LogP contribution < -0.4 is 9.47 Å². The Morgan fingerprint density at radius 2 is 1.43 bits per heavy atom. The van der Waals surface area contributed by atoms with E-state index in [0.717, 1.165) is 42.3 Å². The van der Waals surface area contributed by atoms with Gasteiger partial charge < -0.3 is 9.47 Å². The van der Waals surface area contributed by atoms with Crippen LogP contribution in [0, 0.1) is 22.7 Å². The van der Waals surface area contributed by atoms with Gasteiger partial charge in [-0.15, -0.1) is 0 Å². The molecule has 1 heterocycles. The maximum atomic E-state index is 9.03. The zero-order valence-electron chi connectivity index (χ0n) is 15.6. The zero-order valence-corrected chi connectivity index (χ0v) is 15.6. The Balaban J connectivity index is 1.31. The molecular formula is C23H21N3O2. The number of hydrogen-bond donors (Lipinski definition) is 0. The molecule has 0 aliphatic carbocycles. The van der Waals surface area contributed by atoms with Crippen LogP contribution in [0.5, 0.6) is 11.5 Å². The van der Waals surface area contributed by atoms with Crippen LogP contribution in [-0.2, 0) is 0 Å². The molecule has 0 radical (unpaired) electrons. The van der Waals surface area contributed by atoms with Crippen molar-refractivity contribution >= 4 is 10.9 Å². The molecule has 3 aromatic rings. The van der Waals surface area contributed by atoms with Gasteiger partial charge >= 0.3 is 0 Å². The van der Waals surface area contributed by atoms with Crippen molar-refractivity contribution in [2.45, 2.75) is 25.7 Å². The Morgan fingerprint density at radius 3 is 2.14 bits per heavy atom. The van der Waals surface area contributed by atoms with Crippen LogP contribution >= 0.6 is 0 Å². The Hall–Kier alpha value is -3.57. The van der Waals surface area contributed by atoms with E-state index < -0.39 is 0 Å². The third-order valence-electron chi connectivity index (χ3n) is 4.38. The smallest absolute Gasteiger partial charge is 0.120 e. The second kappa shape index (κ2) is 9.94. The summed E-state index contributed by atoms with van der Waals surface area (Å²) in [4.78, 5) is 4.30. The summed E-state index contributed by atoms with van der Waals surface area (Å²) in [6.45, 7) is 1.28. The summed E-state index contributed by atoms with van der Waals surface area (Å²) in [6, 6.07) is 18.9. The van der Waals surface area contributed by atoms with E-state index in [0.29, 0.717) is 30.1 Å². The highest BCUT2D eigenvalue weighted by atomic mass is 16.5. The second-order valence-electron chi connectivity index (χ2n) is 6.40. The topological polar surface area (TPSA) is 78.9 Å². The molecule has 3 rings (SSSR count). The van der Waals surface area contributed by atoms with Crippen molar-refractivity contribution in [1.82, 2.24) is 4.98 Å². The molecule has 5 nitrogen and oxygen atoms in total. The second-order valence-corrected chi connectivity index (χ2v) is 6.40. The summed E-state index contributed by atoms with van der Waals surface area (Å²) in [5, 5.41) is 19.0. The van der Waals surface area contributed by atoms with E-state index in [1.807, 2.05) is 42.5 Å². The van der Waals surface area contributed by atoms with E-state index in [2.05, 4.69) is 4.98 Å². The van der Waals surface area contributed by atoms with Gasteiger partial charge in [0.15, 0.2) is 0 Å². The lowest BCUT2D eigenvalue weighted by Gasteiger charge is -2.08. The van der Waals surface area contributed by atoms with E-state index in [9.17, 15) is 0 Å². The zero-order chi connectivity index (χ0) is 19.6.